The normalized spacial score (nSPS) is 20.0. The number of benzene rings is 1. The van der Waals surface area contributed by atoms with Crippen molar-refractivity contribution < 1.29 is 9.53 Å². The predicted molar refractivity (Wildman–Crippen MR) is 98.1 cm³/mol. The highest BCUT2D eigenvalue weighted by Gasteiger charge is 2.32. The molecule has 7 heteroatoms. The van der Waals surface area contributed by atoms with E-state index in [9.17, 15) is 4.79 Å². The van der Waals surface area contributed by atoms with E-state index in [0.717, 1.165) is 35.6 Å². The molecule has 1 atom stereocenters. The first-order chi connectivity index (χ1) is 11.6. The molecule has 0 fully saturated rings. The van der Waals surface area contributed by atoms with Crippen LogP contribution >= 0.6 is 11.8 Å². The van der Waals surface area contributed by atoms with Crippen LogP contribution in [0, 0.1) is 0 Å². The van der Waals surface area contributed by atoms with Crippen molar-refractivity contribution in [3.8, 4) is 5.75 Å². The summed E-state index contributed by atoms with van der Waals surface area (Å²) in [6.07, 6.45) is 1.66. The highest BCUT2D eigenvalue weighted by molar-refractivity contribution is 8.04. The van der Waals surface area contributed by atoms with Crippen LogP contribution in [0.3, 0.4) is 0 Å². The summed E-state index contributed by atoms with van der Waals surface area (Å²) in [6.45, 7) is 5.00. The van der Waals surface area contributed by atoms with Crippen LogP contribution in [0.1, 0.15) is 36.2 Å². The Morgan fingerprint density at radius 1 is 1.58 bits per heavy atom. The zero-order valence-corrected chi connectivity index (χ0v) is 14.7. The Labute approximate surface area is 145 Å². The molecule has 1 aromatic rings. The van der Waals surface area contributed by atoms with Gasteiger partial charge in [0.2, 0.25) is 0 Å². The Morgan fingerprint density at radius 2 is 2.42 bits per heavy atom. The minimum absolute atomic E-state index is 0.0117. The monoisotopic (exact) mass is 346 g/mol. The molecule has 4 N–H and O–H groups in total. The fourth-order valence-electron chi connectivity index (χ4n) is 2.77. The second-order valence-electron chi connectivity index (χ2n) is 5.94. The first-order valence-corrected chi connectivity index (χ1v) is 8.90. The summed E-state index contributed by atoms with van der Waals surface area (Å²) in [6, 6.07) is 5.82. The number of thioether (sulfide) groups is 1. The molecule has 0 aliphatic carbocycles. The smallest absolute Gasteiger partial charge is 0.150 e. The van der Waals surface area contributed by atoms with Crippen molar-refractivity contribution in [2.75, 3.05) is 13.3 Å². The van der Waals surface area contributed by atoms with Gasteiger partial charge in [0.15, 0.2) is 0 Å². The lowest BCUT2D eigenvalue weighted by Gasteiger charge is -2.20. The number of carbonyl (C=O) groups excluding carboxylic acids is 1. The molecule has 0 saturated carbocycles. The molecule has 0 radical (unpaired) electrons. The van der Waals surface area contributed by atoms with Crippen molar-refractivity contribution in [3.05, 3.63) is 34.2 Å². The third-order valence-electron chi connectivity index (χ3n) is 3.76. The topological polar surface area (TPSA) is 88.7 Å². The van der Waals surface area contributed by atoms with E-state index in [1.54, 1.807) is 17.8 Å². The van der Waals surface area contributed by atoms with E-state index in [1.807, 2.05) is 12.1 Å². The molecule has 24 heavy (non-hydrogen) atoms. The Balaban J connectivity index is 1.89. The fourth-order valence-corrected chi connectivity index (χ4v) is 3.97. The molecule has 0 bridgehead atoms. The Hall–Kier alpha value is -1.99. The van der Waals surface area contributed by atoms with Crippen LogP contribution in [0.4, 0.5) is 0 Å². The number of aldehydes is 1. The predicted octanol–water partition coefficient (Wildman–Crippen LogP) is 1.93. The van der Waals surface area contributed by atoms with Crippen molar-refractivity contribution in [2.45, 2.75) is 31.7 Å². The maximum absolute atomic E-state index is 11.0. The summed E-state index contributed by atoms with van der Waals surface area (Å²) in [5, 5.41) is 6.93. The molecule has 0 spiro atoms. The van der Waals surface area contributed by atoms with Gasteiger partial charge in [0.1, 0.15) is 23.2 Å². The van der Waals surface area contributed by atoms with Gasteiger partial charge in [-0.25, -0.2) is 0 Å². The standard InChI is InChI=1S/C17H22N4O2S/c1-10(2)20-16(19-9-18)17-21-15-12-4-3-11(8-22)7-13(12)23-6-5-14(15)24-17/h3-4,7-8,10,17,21H,5-6,9,18H2,1-2H3,(H,19,20). The minimum atomic E-state index is 0.0117. The lowest BCUT2D eigenvalue weighted by molar-refractivity contribution is 0.112. The van der Waals surface area contributed by atoms with E-state index in [-0.39, 0.29) is 18.1 Å². The number of carbonyl (C=O) groups is 1. The number of nitrogens with two attached hydrogens (primary N) is 1. The van der Waals surface area contributed by atoms with Gasteiger partial charge in [-0.05, 0) is 26.0 Å². The zero-order chi connectivity index (χ0) is 17.1. The van der Waals surface area contributed by atoms with E-state index >= 15 is 0 Å². The number of ether oxygens (including phenoxy) is 1. The molecule has 3 rings (SSSR count). The quantitative estimate of drug-likeness (QED) is 0.439. The molecule has 0 aromatic heterocycles. The van der Waals surface area contributed by atoms with Crippen molar-refractivity contribution >= 4 is 29.6 Å². The van der Waals surface area contributed by atoms with Gasteiger partial charge in [0, 0.05) is 28.5 Å². The molecule has 2 heterocycles. The maximum atomic E-state index is 11.0. The van der Waals surface area contributed by atoms with Crippen LogP contribution in [0.25, 0.3) is 5.70 Å². The number of nitrogens with zero attached hydrogens (tertiary/aromatic N) is 1. The second kappa shape index (κ2) is 7.27. The molecule has 0 saturated heterocycles. The van der Waals surface area contributed by atoms with Crippen molar-refractivity contribution in [1.82, 2.24) is 10.6 Å². The number of rotatable bonds is 4. The fraction of sp³-hybridized carbons (Fsp3) is 0.412. The lowest BCUT2D eigenvalue weighted by Crippen LogP contribution is -2.42. The van der Waals surface area contributed by atoms with E-state index in [2.05, 4.69) is 29.5 Å². The zero-order valence-electron chi connectivity index (χ0n) is 13.8. The summed E-state index contributed by atoms with van der Waals surface area (Å²) >= 11 is 1.74. The largest absolute Gasteiger partial charge is 0.492 e. The number of fused-ring (bicyclic) bond motifs is 2. The van der Waals surface area contributed by atoms with Gasteiger partial charge in [0.25, 0.3) is 0 Å². The number of amidine groups is 1. The molecule has 128 valence electrons. The molecular formula is C17H22N4O2S. The van der Waals surface area contributed by atoms with Crippen molar-refractivity contribution in [1.29, 1.82) is 0 Å². The number of aliphatic imine (C=N–C) groups is 1. The minimum Gasteiger partial charge on any atom is -0.492 e. The van der Waals surface area contributed by atoms with Crippen LogP contribution in [-0.4, -0.2) is 36.8 Å². The summed E-state index contributed by atoms with van der Waals surface area (Å²) < 4.78 is 5.82. The average molecular weight is 346 g/mol. The molecule has 6 nitrogen and oxygen atoms in total. The first kappa shape index (κ1) is 16.9. The first-order valence-electron chi connectivity index (χ1n) is 8.02. The van der Waals surface area contributed by atoms with Gasteiger partial charge in [-0.15, -0.1) is 0 Å². The van der Waals surface area contributed by atoms with Gasteiger partial charge in [0.05, 0.1) is 19.0 Å². The van der Waals surface area contributed by atoms with E-state index < -0.39 is 0 Å². The van der Waals surface area contributed by atoms with Crippen molar-refractivity contribution in [2.24, 2.45) is 10.7 Å². The van der Waals surface area contributed by atoms with Gasteiger partial charge in [-0.3, -0.25) is 9.79 Å². The van der Waals surface area contributed by atoms with Gasteiger partial charge in [-0.2, -0.15) is 0 Å². The molecule has 1 aromatic carbocycles. The van der Waals surface area contributed by atoms with Crippen LogP contribution in [0.15, 0.2) is 28.1 Å². The molecular weight excluding hydrogens is 324 g/mol. The van der Waals surface area contributed by atoms with Crippen LogP contribution in [-0.2, 0) is 0 Å². The van der Waals surface area contributed by atoms with Gasteiger partial charge >= 0.3 is 0 Å². The molecule has 1 unspecified atom stereocenters. The van der Waals surface area contributed by atoms with E-state index in [4.69, 9.17) is 10.5 Å². The number of nitrogens with one attached hydrogen (secondary N) is 2. The second-order valence-corrected chi connectivity index (χ2v) is 7.14. The summed E-state index contributed by atoms with van der Waals surface area (Å²) in [7, 11) is 0. The van der Waals surface area contributed by atoms with Crippen LogP contribution < -0.4 is 21.1 Å². The highest BCUT2D eigenvalue weighted by atomic mass is 32.2. The summed E-state index contributed by atoms with van der Waals surface area (Å²) in [4.78, 5) is 16.6. The SMILES string of the molecule is CC(C)N/C(=N\CN)C1NC2=C(CCOc3cc(C=O)ccc32)S1. The number of hydrogen-bond acceptors (Lipinski definition) is 6. The number of hydrogen-bond donors (Lipinski definition) is 3. The molecule has 2 aliphatic heterocycles. The molecule has 0 amide bonds. The summed E-state index contributed by atoms with van der Waals surface area (Å²) in [5.41, 5.74) is 8.29. The third-order valence-corrected chi connectivity index (χ3v) is 5.03. The Morgan fingerprint density at radius 3 is 3.12 bits per heavy atom. The van der Waals surface area contributed by atoms with E-state index in [0.29, 0.717) is 12.2 Å². The van der Waals surface area contributed by atoms with E-state index in [1.165, 1.54) is 4.91 Å². The Kier molecular flexibility index (Phi) is 5.11. The lowest BCUT2D eigenvalue weighted by atomic mass is 10.1. The van der Waals surface area contributed by atoms with Gasteiger partial charge in [-0.1, -0.05) is 17.8 Å². The summed E-state index contributed by atoms with van der Waals surface area (Å²) in [5.74, 6) is 1.60. The average Bonchev–Trinajstić information content (AvgIpc) is 2.90. The van der Waals surface area contributed by atoms with Gasteiger partial charge < -0.3 is 21.1 Å². The maximum Gasteiger partial charge on any atom is 0.150 e. The highest BCUT2D eigenvalue weighted by Crippen LogP contribution is 2.42. The van der Waals surface area contributed by atoms with Crippen molar-refractivity contribution in [3.63, 3.8) is 0 Å². The third kappa shape index (κ3) is 3.42. The molecule has 2 aliphatic rings. The van der Waals surface area contributed by atoms with Crippen LogP contribution in [0.5, 0.6) is 5.75 Å². The van der Waals surface area contributed by atoms with Crippen LogP contribution in [0.2, 0.25) is 0 Å². The Bertz CT molecular complexity index is 700.